The Labute approximate surface area is 197 Å². The van der Waals surface area contributed by atoms with Crippen LogP contribution in [-0.4, -0.2) is 31.9 Å². The van der Waals surface area contributed by atoms with Crippen LogP contribution in [0.5, 0.6) is 5.75 Å². The fourth-order valence-electron chi connectivity index (χ4n) is 5.07. The zero-order chi connectivity index (χ0) is 23.1. The molecule has 1 saturated heterocycles. The van der Waals surface area contributed by atoms with Crippen molar-refractivity contribution in [2.45, 2.75) is 78.4 Å². The summed E-state index contributed by atoms with van der Waals surface area (Å²) in [7, 11) is 2.39. The fourth-order valence-corrected chi connectivity index (χ4v) is 6.84. The van der Waals surface area contributed by atoms with E-state index in [-0.39, 0.29) is 11.9 Å². The van der Waals surface area contributed by atoms with Crippen LogP contribution in [0.2, 0.25) is 0 Å². The number of hydrogen-bond acceptors (Lipinski definition) is 3. The summed E-state index contributed by atoms with van der Waals surface area (Å²) in [6.45, 7) is 15.1. The minimum Gasteiger partial charge on any atom is -0.467 e. The molecular formula is C28H42NO2P. The third kappa shape index (κ3) is 6.34. The first-order valence-electron chi connectivity index (χ1n) is 12.2. The molecule has 4 heteroatoms. The molecule has 0 spiro atoms. The molecule has 0 radical (unpaired) electrons. The number of methoxy groups -OCH3 is 1. The smallest absolute Gasteiger partial charge is 0.188 e. The second-order valence-electron chi connectivity index (χ2n) is 9.71. The summed E-state index contributed by atoms with van der Waals surface area (Å²) in [5, 5.41) is 1.54. The lowest BCUT2D eigenvalue weighted by Crippen LogP contribution is -2.31. The van der Waals surface area contributed by atoms with E-state index < -0.39 is 0 Å². The third-order valence-corrected chi connectivity index (χ3v) is 8.43. The Hall–Kier alpha value is -1.41. The SMILES string of the molecule is CCCC(C)(Pc1ccc(C)cc1CN1CCCCC1)c1cc(C)cc(C)c1OCOC. The summed E-state index contributed by atoms with van der Waals surface area (Å²) in [4.78, 5) is 2.65. The fraction of sp³-hybridized carbons (Fsp3) is 0.571. The molecule has 3 nitrogen and oxygen atoms in total. The van der Waals surface area contributed by atoms with Gasteiger partial charge in [0.15, 0.2) is 6.79 Å². The Morgan fingerprint density at radius 1 is 1.00 bits per heavy atom. The molecule has 2 atom stereocenters. The summed E-state index contributed by atoms with van der Waals surface area (Å²) >= 11 is 0. The van der Waals surface area contributed by atoms with Crippen molar-refractivity contribution >= 4 is 13.9 Å². The second kappa shape index (κ2) is 11.6. The molecule has 0 saturated carbocycles. The summed E-state index contributed by atoms with van der Waals surface area (Å²) in [6.07, 6.45) is 6.33. The molecule has 0 aromatic heterocycles. The lowest BCUT2D eigenvalue weighted by Gasteiger charge is -2.34. The molecule has 0 amide bonds. The van der Waals surface area contributed by atoms with Crippen LogP contribution in [0.15, 0.2) is 30.3 Å². The molecule has 1 aliphatic rings. The van der Waals surface area contributed by atoms with E-state index in [2.05, 4.69) is 69.9 Å². The minimum atomic E-state index is 0.0283. The van der Waals surface area contributed by atoms with Gasteiger partial charge in [0, 0.05) is 24.4 Å². The lowest BCUT2D eigenvalue weighted by molar-refractivity contribution is 0.0495. The van der Waals surface area contributed by atoms with Gasteiger partial charge in [0.25, 0.3) is 0 Å². The molecule has 0 bridgehead atoms. The molecule has 0 N–H and O–H groups in total. The summed E-state index contributed by atoms with van der Waals surface area (Å²) in [5.41, 5.74) is 6.69. The van der Waals surface area contributed by atoms with Gasteiger partial charge in [-0.3, -0.25) is 4.90 Å². The van der Waals surface area contributed by atoms with Crippen LogP contribution in [0.4, 0.5) is 0 Å². The zero-order valence-corrected chi connectivity index (χ0v) is 22.0. The largest absolute Gasteiger partial charge is 0.467 e. The van der Waals surface area contributed by atoms with E-state index in [0.29, 0.717) is 8.58 Å². The third-order valence-electron chi connectivity index (χ3n) is 6.60. The van der Waals surface area contributed by atoms with Crippen LogP contribution in [0.1, 0.15) is 73.8 Å². The van der Waals surface area contributed by atoms with Crippen molar-refractivity contribution in [1.29, 1.82) is 0 Å². The number of ether oxygens (including phenoxy) is 2. The summed E-state index contributed by atoms with van der Waals surface area (Å²) in [5.74, 6) is 1.01. The van der Waals surface area contributed by atoms with Gasteiger partial charge in [0.05, 0.1) is 0 Å². The van der Waals surface area contributed by atoms with E-state index in [1.54, 1.807) is 7.11 Å². The van der Waals surface area contributed by atoms with Crippen molar-refractivity contribution in [3.63, 3.8) is 0 Å². The van der Waals surface area contributed by atoms with Crippen LogP contribution >= 0.6 is 8.58 Å². The number of benzene rings is 2. The van der Waals surface area contributed by atoms with Crippen LogP contribution in [0, 0.1) is 20.8 Å². The summed E-state index contributed by atoms with van der Waals surface area (Å²) < 4.78 is 11.4. The first-order chi connectivity index (χ1) is 15.4. The first kappa shape index (κ1) is 25.2. The first-order valence-corrected chi connectivity index (χ1v) is 13.2. The molecular weight excluding hydrogens is 413 g/mol. The highest BCUT2D eigenvalue weighted by Gasteiger charge is 2.31. The predicted molar refractivity (Wildman–Crippen MR) is 139 cm³/mol. The Balaban J connectivity index is 1.99. The van der Waals surface area contributed by atoms with Crippen LogP contribution < -0.4 is 10.0 Å². The van der Waals surface area contributed by atoms with Crippen LogP contribution in [0.25, 0.3) is 0 Å². The van der Waals surface area contributed by atoms with E-state index in [1.165, 1.54) is 65.5 Å². The molecule has 3 rings (SSSR count). The Morgan fingerprint density at radius 3 is 2.44 bits per heavy atom. The number of hydrogen-bond donors (Lipinski definition) is 0. The molecule has 2 aromatic carbocycles. The van der Waals surface area contributed by atoms with Gasteiger partial charge in [-0.2, -0.15) is 0 Å². The Morgan fingerprint density at radius 2 is 1.75 bits per heavy atom. The number of aryl methyl sites for hydroxylation is 3. The van der Waals surface area contributed by atoms with Gasteiger partial charge < -0.3 is 9.47 Å². The molecule has 1 heterocycles. The standard InChI is InChI=1S/C28H42NO2P/c1-7-13-28(5,25-18-22(3)16-23(4)27(25)31-20-30-6)32-26-12-11-21(2)17-24(26)19-29-14-9-8-10-15-29/h11-12,16-18,32H,7-10,13-15,19-20H2,1-6H3. The van der Waals surface area contributed by atoms with Crippen LogP contribution in [0.3, 0.4) is 0 Å². The highest BCUT2D eigenvalue weighted by molar-refractivity contribution is 7.48. The van der Waals surface area contributed by atoms with Gasteiger partial charge in [0.1, 0.15) is 5.75 Å². The number of piperidine rings is 1. The highest BCUT2D eigenvalue weighted by atomic mass is 31.1. The molecule has 1 aliphatic heterocycles. The maximum atomic E-state index is 6.15. The zero-order valence-electron chi connectivity index (χ0n) is 21.0. The number of nitrogens with zero attached hydrogens (tertiary/aromatic N) is 1. The molecule has 1 fully saturated rings. The van der Waals surface area contributed by atoms with Crippen molar-refractivity contribution in [3.8, 4) is 5.75 Å². The van der Waals surface area contributed by atoms with Crippen molar-refractivity contribution in [3.05, 3.63) is 58.1 Å². The molecule has 2 unspecified atom stereocenters. The number of likely N-dealkylation sites (tertiary alicyclic amines) is 1. The van der Waals surface area contributed by atoms with Crippen molar-refractivity contribution in [1.82, 2.24) is 4.90 Å². The topological polar surface area (TPSA) is 21.7 Å². The van der Waals surface area contributed by atoms with Gasteiger partial charge in [-0.15, -0.1) is 0 Å². The van der Waals surface area contributed by atoms with E-state index >= 15 is 0 Å². The lowest BCUT2D eigenvalue weighted by atomic mass is 9.91. The predicted octanol–water partition coefficient (Wildman–Crippen LogP) is 6.60. The van der Waals surface area contributed by atoms with Crippen LogP contribution in [-0.2, 0) is 16.4 Å². The summed E-state index contributed by atoms with van der Waals surface area (Å²) in [6, 6.07) is 11.7. The maximum absolute atomic E-state index is 6.15. The average molecular weight is 456 g/mol. The van der Waals surface area contributed by atoms with Crippen molar-refractivity contribution in [2.24, 2.45) is 0 Å². The number of rotatable bonds is 10. The molecule has 176 valence electrons. The second-order valence-corrected chi connectivity index (χ2v) is 11.6. The van der Waals surface area contributed by atoms with Gasteiger partial charge in [-0.1, -0.05) is 76.7 Å². The Kier molecular flexibility index (Phi) is 9.17. The van der Waals surface area contributed by atoms with E-state index in [0.717, 1.165) is 25.1 Å². The highest BCUT2D eigenvalue weighted by Crippen LogP contribution is 2.49. The van der Waals surface area contributed by atoms with Crippen molar-refractivity contribution in [2.75, 3.05) is 27.0 Å². The quantitative estimate of drug-likeness (QED) is 0.298. The van der Waals surface area contributed by atoms with E-state index in [4.69, 9.17) is 9.47 Å². The minimum absolute atomic E-state index is 0.0283. The molecule has 32 heavy (non-hydrogen) atoms. The van der Waals surface area contributed by atoms with Gasteiger partial charge in [0.2, 0.25) is 0 Å². The monoisotopic (exact) mass is 455 g/mol. The van der Waals surface area contributed by atoms with Gasteiger partial charge >= 0.3 is 0 Å². The van der Waals surface area contributed by atoms with Gasteiger partial charge in [-0.25, -0.2) is 0 Å². The maximum Gasteiger partial charge on any atom is 0.188 e. The van der Waals surface area contributed by atoms with E-state index in [9.17, 15) is 0 Å². The molecule has 0 aliphatic carbocycles. The van der Waals surface area contributed by atoms with Gasteiger partial charge in [-0.05, 0) is 69.6 Å². The molecule has 2 aromatic rings. The normalized spacial score (nSPS) is 17.1. The van der Waals surface area contributed by atoms with Crippen molar-refractivity contribution < 1.29 is 9.47 Å². The average Bonchev–Trinajstić information content (AvgIpc) is 2.75. The van der Waals surface area contributed by atoms with E-state index in [1.807, 2.05) is 0 Å². The Bertz CT molecular complexity index is 891.